The molecule has 2 aromatic rings. The van der Waals surface area contributed by atoms with Gasteiger partial charge in [-0.2, -0.15) is 0 Å². The van der Waals surface area contributed by atoms with Crippen LogP contribution in [-0.4, -0.2) is 15.0 Å². The fourth-order valence-electron chi connectivity index (χ4n) is 1.76. The molecule has 2 aromatic carbocycles. The standard InChI is InChI=1S/C13H13ClN2O2S/c1-9(14)8-16-19(17,18)13-4-2-3-10-7-11(15)5-6-12(10)13/h2-7,16H,1,8,15H2. The van der Waals surface area contributed by atoms with Crippen LogP contribution in [0, 0.1) is 0 Å². The van der Waals surface area contributed by atoms with E-state index < -0.39 is 10.0 Å². The molecule has 0 atom stereocenters. The van der Waals surface area contributed by atoms with Crippen LogP contribution >= 0.6 is 11.6 Å². The Morgan fingerprint density at radius 1 is 1.32 bits per heavy atom. The van der Waals surface area contributed by atoms with Gasteiger partial charge in [-0.3, -0.25) is 0 Å². The van der Waals surface area contributed by atoms with Crippen LogP contribution in [0.15, 0.2) is 52.9 Å². The molecule has 0 aromatic heterocycles. The number of nitrogen functional groups attached to an aromatic ring is 1. The van der Waals surface area contributed by atoms with Gasteiger partial charge >= 0.3 is 0 Å². The Bertz CT molecular complexity index is 741. The van der Waals surface area contributed by atoms with Crippen LogP contribution in [-0.2, 0) is 10.0 Å². The van der Waals surface area contributed by atoms with Crippen LogP contribution in [0.4, 0.5) is 5.69 Å². The van der Waals surface area contributed by atoms with Crippen molar-refractivity contribution in [3.8, 4) is 0 Å². The molecule has 100 valence electrons. The zero-order valence-corrected chi connectivity index (χ0v) is 11.6. The Morgan fingerprint density at radius 3 is 2.74 bits per heavy atom. The Hall–Kier alpha value is -1.56. The molecule has 2 rings (SSSR count). The summed E-state index contributed by atoms with van der Waals surface area (Å²) >= 11 is 5.57. The maximum Gasteiger partial charge on any atom is 0.241 e. The van der Waals surface area contributed by atoms with E-state index in [1.54, 1.807) is 24.3 Å². The summed E-state index contributed by atoms with van der Waals surface area (Å²) in [7, 11) is -3.63. The second-order valence-electron chi connectivity index (χ2n) is 4.08. The minimum absolute atomic E-state index is 0.00471. The summed E-state index contributed by atoms with van der Waals surface area (Å²) < 4.78 is 26.8. The first-order valence-electron chi connectivity index (χ1n) is 5.51. The van der Waals surface area contributed by atoms with E-state index in [0.29, 0.717) is 11.1 Å². The van der Waals surface area contributed by atoms with E-state index in [1.165, 1.54) is 6.07 Å². The van der Waals surface area contributed by atoms with Crippen molar-refractivity contribution >= 4 is 38.1 Å². The normalized spacial score (nSPS) is 11.6. The fourth-order valence-corrected chi connectivity index (χ4v) is 3.16. The van der Waals surface area contributed by atoms with Gasteiger partial charge in [0.15, 0.2) is 0 Å². The van der Waals surface area contributed by atoms with Gasteiger partial charge in [0.2, 0.25) is 10.0 Å². The summed E-state index contributed by atoms with van der Waals surface area (Å²) in [4.78, 5) is 0.197. The number of benzene rings is 2. The summed E-state index contributed by atoms with van der Waals surface area (Å²) in [5.74, 6) is 0. The predicted octanol–water partition coefficient (Wildman–Crippen LogP) is 2.45. The van der Waals surface area contributed by atoms with Crippen LogP contribution in [0.25, 0.3) is 10.8 Å². The van der Waals surface area contributed by atoms with Crippen LogP contribution in [0.5, 0.6) is 0 Å². The quantitative estimate of drug-likeness (QED) is 0.851. The molecule has 4 nitrogen and oxygen atoms in total. The Morgan fingerprint density at radius 2 is 2.05 bits per heavy atom. The van der Waals surface area contributed by atoms with Gasteiger partial charge in [0, 0.05) is 22.7 Å². The Kier molecular flexibility index (Phi) is 3.80. The lowest BCUT2D eigenvalue weighted by Crippen LogP contribution is -2.25. The Labute approximate surface area is 116 Å². The number of sulfonamides is 1. The molecular formula is C13H13ClN2O2S. The summed E-state index contributed by atoms with van der Waals surface area (Å²) in [6.07, 6.45) is 0. The summed E-state index contributed by atoms with van der Waals surface area (Å²) in [6, 6.07) is 10.1. The molecular weight excluding hydrogens is 284 g/mol. The fraction of sp³-hybridized carbons (Fsp3) is 0.0769. The second kappa shape index (κ2) is 5.21. The minimum Gasteiger partial charge on any atom is -0.399 e. The molecule has 0 bridgehead atoms. The maximum absolute atomic E-state index is 12.2. The lowest BCUT2D eigenvalue weighted by atomic mass is 10.1. The third kappa shape index (κ3) is 3.07. The first-order valence-corrected chi connectivity index (χ1v) is 7.37. The summed E-state index contributed by atoms with van der Waals surface area (Å²) in [5, 5.41) is 1.62. The van der Waals surface area contributed by atoms with Gasteiger partial charge < -0.3 is 5.73 Å². The first kappa shape index (κ1) is 13.9. The number of hydrogen-bond donors (Lipinski definition) is 2. The number of nitrogens with one attached hydrogen (secondary N) is 1. The molecule has 0 spiro atoms. The highest BCUT2D eigenvalue weighted by atomic mass is 35.5. The molecule has 0 saturated heterocycles. The van der Waals surface area contributed by atoms with Gasteiger partial charge in [-0.25, -0.2) is 13.1 Å². The average Bonchev–Trinajstić information content (AvgIpc) is 2.35. The van der Waals surface area contributed by atoms with Gasteiger partial charge in [-0.1, -0.05) is 36.4 Å². The van der Waals surface area contributed by atoms with Gasteiger partial charge in [0.25, 0.3) is 0 Å². The number of anilines is 1. The molecule has 0 aliphatic rings. The third-order valence-corrected chi connectivity index (χ3v) is 4.20. The van der Waals surface area contributed by atoms with E-state index in [4.69, 9.17) is 17.3 Å². The van der Waals surface area contributed by atoms with Crippen LogP contribution in [0.1, 0.15) is 0 Å². The van der Waals surface area contributed by atoms with Gasteiger partial charge in [0.05, 0.1) is 4.90 Å². The zero-order chi connectivity index (χ0) is 14.0. The molecule has 0 heterocycles. The number of nitrogens with two attached hydrogens (primary N) is 1. The maximum atomic E-state index is 12.2. The number of rotatable bonds is 4. The highest BCUT2D eigenvalue weighted by Gasteiger charge is 2.16. The van der Waals surface area contributed by atoms with E-state index in [2.05, 4.69) is 11.3 Å². The van der Waals surface area contributed by atoms with Crippen LogP contribution in [0.3, 0.4) is 0 Å². The summed E-state index contributed by atoms with van der Waals surface area (Å²) in [5.41, 5.74) is 6.27. The minimum atomic E-state index is -3.63. The van der Waals surface area contributed by atoms with Crippen molar-refractivity contribution in [2.75, 3.05) is 12.3 Å². The third-order valence-electron chi connectivity index (χ3n) is 2.61. The monoisotopic (exact) mass is 296 g/mol. The van der Waals surface area contributed by atoms with E-state index in [-0.39, 0.29) is 16.5 Å². The molecule has 3 N–H and O–H groups in total. The number of fused-ring (bicyclic) bond motifs is 1. The molecule has 0 unspecified atom stereocenters. The number of hydrogen-bond acceptors (Lipinski definition) is 3. The van der Waals surface area contributed by atoms with E-state index in [0.717, 1.165) is 5.39 Å². The van der Waals surface area contributed by atoms with Gasteiger partial charge in [0.1, 0.15) is 0 Å². The predicted molar refractivity (Wildman–Crippen MR) is 78.5 cm³/mol. The molecule has 0 amide bonds. The highest BCUT2D eigenvalue weighted by molar-refractivity contribution is 7.89. The zero-order valence-electron chi connectivity index (χ0n) is 10.1. The van der Waals surface area contributed by atoms with Crippen molar-refractivity contribution in [3.05, 3.63) is 48.0 Å². The van der Waals surface area contributed by atoms with Crippen molar-refractivity contribution in [2.24, 2.45) is 0 Å². The van der Waals surface area contributed by atoms with Crippen molar-refractivity contribution in [3.63, 3.8) is 0 Å². The van der Waals surface area contributed by atoms with Crippen molar-refractivity contribution < 1.29 is 8.42 Å². The SMILES string of the molecule is C=C(Cl)CNS(=O)(=O)c1cccc2cc(N)ccc12. The largest absolute Gasteiger partial charge is 0.399 e. The van der Waals surface area contributed by atoms with Crippen molar-refractivity contribution in [1.29, 1.82) is 0 Å². The molecule has 0 radical (unpaired) electrons. The summed E-state index contributed by atoms with van der Waals surface area (Å²) in [6.45, 7) is 3.44. The first-order chi connectivity index (χ1) is 8.90. The molecule has 0 aliphatic carbocycles. The van der Waals surface area contributed by atoms with Crippen LogP contribution in [0.2, 0.25) is 0 Å². The molecule has 0 aliphatic heterocycles. The molecule has 0 saturated carbocycles. The van der Waals surface area contributed by atoms with E-state index in [9.17, 15) is 8.42 Å². The van der Waals surface area contributed by atoms with Crippen LogP contribution < -0.4 is 10.5 Å². The average molecular weight is 297 g/mol. The Balaban J connectivity index is 2.53. The molecule has 0 fully saturated rings. The second-order valence-corrected chi connectivity index (χ2v) is 6.35. The lowest BCUT2D eigenvalue weighted by Gasteiger charge is -2.09. The van der Waals surface area contributed by atoms with Gasteiger partial charge in [-0.15, -0.1) is 0 Å². The topological polar surface area (TPSA) is 72.2 Å². The smallest absolute Gasteiger partial charge is 0.241 e. The van der Waals surface area contributed by atoms with Crippen molar-refractivity contribution in [1.82, 2.24) is 4.72 Å². The van der Waals surface area contributed by atoms with Gasteiger partial charge in [-0.05, 0) is 23.6 Å². The lowest BCUT2D eigenvalue weighted by molar-refractivity contribution is 0.586. The number of halogens is 1. The highest BCUT2D eigenvalue weighted by Crippen LogP contribution is 2.24. The van der Waals surface area contributed by atoms with Crippen molar-refractivity contribution in [2.45, 2.75) is 4.90 Å². The molecule has 19 heavy (non-hydrogen) atoms. The van der Waals surface area contributed by atoms with E-state index >= 15 is 0 Å². The van der Waals surface area contributed by atoms with E-state index in [1.807, 2.05) is 6.07 Å². The molecule has 6 heteroatoms.